The number of hydrogen-bond donors (Lipinski definition) is 2. The summed E-state index contributed by atoms with van der Waals surface area (Å²) < 4.78 is 0. The Kier molecular flexibility index (Phi) is 6.14. The van der Waals surface area contributed by atoms with Gasteiger partial charge in [-0.25, -0.2) is 0 Å². The number of benzene rings is 3. The number of fused-ring (bicyclic) bond motifs is 1. The van der Waals surface area contributed by atoms with E-state index >= 15 is 0 Å². The minimum atomic E-state index is -0.124. The number of halogens is 1. The molecule has 3 aromatic rings. The normalized spacial score (nSPS) is 19.5. The zero-order valence-corrected chi connectivity index (χ0v) is 17.3. The predicted molar refractivity (Wildman–Crippen MR) is 119 cm³/mol. The highest BCUT2D eigenvalue weighted by atomic mass is 35.5. The smallest absolute Gasteiger partial charge is 0.237 e. The van der Waals surface area contributed by atoms with Crippen molar-refractivity contribution in [2.24, 2.45) is 0 Å². The molecule has 3 aromatic carbocycles. The molecule has 0 aliphatic carbocycles. The van der Waals surface area contributed by atoms with Crippen LogP contribution in [0, 0.1) is 0 Å². The summed E-state index contributed by atoms with van der Waals surface area (Å²) in [5.41, 5.74) is 2.45. The third-order valence-electron chi connectivity index (χ3n) is 5.71. The van der Waals surface area contributed by atoms with Crippen molar-refractivity contribution in [3.8, 4) is 0 Å². The van der Waals surface area contributed by atoms with E-state index in [0.29, 0.717) is 0 Å². The average molecular weight is 408 g/mol. The first-order valence-corrected chi connectivity index (χ1v) is 10.4. The molecule has 0 aromatic heterocycles. The van der Waals surface area contributed by atoms with Gasteiger partial charge in [-0.2, -0.15) is 0 Å². The lowest BCUT2D eigenvalue weighted by atomic mass is 10.0. The number of carbonyl (C=O) groups is 1. The lowest BCUT2D eigenvalue weighted by Gasteiger charge is -2.23. The van der Waals surface area contributed by atoms with E-state index < -0.39 is 0 Å². The van der Waals surface area contributed by atoms with E-state index in [1.54, 1.807) is 7.05 Å². The summed E-state index contributed by atoms with van der Waals surface area (Å²) in [4.78, 5) is 14.7. The summed E-state index contributed by atoms with van der Waals surface area (Å²) in [7, 11) is 1.71. The lowest BCUT2D eigenvalue weighted by Crippen LogP contribution is -2.41. The Balaban J connectivity index is 1.45. The fourth-order valence-corrected chi connectivity index (χ4v) is 4.32. The highest BCUT2D eigenvalue weighted by Crippen LogP contribution is 2.23. The van der Waals surface area contributed by atoms with Crippen LogP contribution in [0.2, 0.25) is 5.02 Å². The number of amides is 1. The second kappa shape index (κ2) is 8.95. The van der Waals surface area contributed by atoms with Crippen molar-refractivity contribution in [3.05, 3.63) is 82.9 Å². The maximum atomic E-state index is 12.5. The molecule has 0 saturated carbocycles. The zero-order valence-electron chi connectivity index (χ0n) is 16.6. The van der Waals surface area contributed by atoms with Crippen LogP contribution in [0.25, 0.3) is 10.8 Å². The van der Waals surface area contributed by atoms with E-state index in [9.17, 15) is 4.79 Å². The van der Waals surface area contributed by atoms with E-state index in [1.807, 2.05) is 24.3 Å². The first-order valence-electron chi connectivity index (χ1n) is 10.0. The van der Waals surface area contributed by atoms with Gasteiger partial charge in [0.2, 0.25) is 5.91 Å². The highest BCUT2D eigenvalue weighted by molar-refractivity contribution is 6.30. The van der Waals surface area contributed by atoms with Crippen LogP contribution in [0.15, 0.2) is 66.7 Å². The molecule has 150 valence electrons. The van der Waals surface area contributed by atoms with Gasteiger partial charge in [0.15, 0.2) is 0 Å². The summed E-state index contributed by atoms with van der Waals surface area (Å²) in [5.74, 6) is 0.0772. The minimum absolute atomic E-state index is 0.0772. The van der Waals surface area contributed by atoms with Crippen molar-refractivity contribution >= 4 is 28.3 Å². The van der Waals surface area contributed by atoms with Crippen LogP contribution in [-0.4, -0.2) is 36.5 Å². The molecule has 4 rings (SSSR count). The average Bonchev–Trinajstić information content (AvgIpc) is 3.16. The van der Waals surface area contributed by atoms with Crippen molar-refractivity contribution in [1.29, 1.82) is 0 Å². The Hall–Kier alpha value is -2.40. The maximum absolute atomic E-state index is 12.5. The quantitative estimate of drug-likeness (QED) is 0.649. The Morgan fingerprint density at radius 2 is 1.83 bits per heavy atom. The molecular weight excluding hydrogens is 382 g/mol. The SMILES string of the molecule is CNC(=O)[C@@H]1C[C@H](NCc2cccc3ccccc23)CN1Cc1ccc(Cl)cc1. The predicted octanol–water partition coefficient (Wildman–Crippen LogP) is 3.97. The summed E-state index contributed by atoms with van der Waals surface area (Å²) in [5, 5.41) is 9.77. The van der Waals surface area contributed by atoms with Crippen molar-refractivity contribution < 1.29 is 4.79 Å². The van der Waals surface area contributed by atoms with Gasteiger partial charge in [-0.3, -0.25) is 9.69 Å². The molecule has 1 aliphatic rings. The van der Waals surface area contributed by atoms with E-state index in [1.165, 1.54) is 16.3 Å². The fourth-order valence-electron chi connectivity index (χ4n) is 4.19. The van der Waals surface area contributed by atoms with Gasteiger partial charge in [-0.15, -0.1) is 0 Å². The minimum Gasteiger partial charge on any atom is -0.358 e. The van der Waals surface area contributed by atoms with E-state index in [0.717, 1.165) is 36.6 Å². The first kappa shape index (κ1) is 19.9. The second-order valence-electron chi connectivity index (χ2n) is 7.64. The number of nitrogens with one attached hydrogen (secondary N) is 2. The van der Waals surface area contributed by atoms with Gasteiger partial charge in [-0.1, -0.05) is 66.2 Å². The topological polar surface area (TPSA) is 44.4 Å². The van der Waals surface area contributed by atoms with E-state index in [-0.39, 0.29) is 18.0 Å². The standard InChI is InChI=1S/C24H26ClN3O/c1-26-24(29)23-13-21(16-28(23)15-17-9-11-20(25)12-10-17)27-14-19-7-4-6-18-5-2-3-8-22(18)19/h2-12,21,23,27H,13-16H2,1H3,(H,26,29)/t21-,23-/m0/s1. The molecule has 5 heteroatoms. The second-order valence-corrected chi connectivity index (χ2v) is 8.07. The molecule has 0 spiro atoms. The molecule has 4 nitrogen and oxygen atoms in total. The summed E-state index contributed by atoms with van der Waals surface area (Å²) in [6.45, 7) is 2.37. The molecule has 1 heterocycles. The van der Waals surface area contributed by atoms with Gasteiger partial charge in [0.1, 0.15) is 0 Å². The molecular formula is C24H26ClN3O. The van der Waals surface area contributed by atoms with Crippen molar-refractivity contribution in [3.63, 3.8) is 0 Å². The van der Waals surface area contributed by atoms with Gasteiger partial charge in [0, 0.05) is 37.7 Å². The highest BCUT2D eigenvalue weighted by Gasteiger charge is 2.36. The first-order chi connectivity index (χ1) is 14.1. The van der Waals surface area contributed by atoms with E-state index in [4.69, 9.17) is 11.6 Å². The number of nitrogens with zero attached hydrogens (tertiary/aromatic N) is 1. The zero-order chi connectivity index (χ0) is 20.2. The number of likely N-dealkylation sites (N-methyl/N-ethyl adjacent to an activating group) is 1. The molecule has 1 saturated heterocycles. The Morgan fingerprint density at radius 3 is 2.62 bits per heavy atom. The van der Waals surface area contributed by atoms with Gasteiger partial charge in [0.25, 0.3) is 0 Å². The summed E-state index contributed by atoms with van der Waals surface area (Å²) in [6, 6.07) is 22.9. The molecule has 29 heavy (non-hydrogen) atoms. The molecule has 0 bridgehead atoms. The van der Waals surface area contributed by atoms with Crippen LogP contribution in [0.4, 0.5) is 0 Å². The molecule has 1 amide bonds. The van der Waals surface area contributed by atoms with Crippen LogP contribution in [0.5, 0.6) is 0 Å². The number of hydrogen-bond acceptors (Lipinski definition) is 3. The number of likely N-dealkylation sites (tertiary alicyclic amines) is 1. The molecule has 0 radical (unpaired) electrons. The van der Waals surface area contributed by atoms with Crippen LogP contribution < -0.4 is 10.6 Å². The van der Waals surface area contributed by atoms with Crippen LogP contribution in [-0.2, 0) is 17.9 Å². The molecule has 2 N–H and O–H groups in total. The van der Waals surface area contributed by atoms with Gasteiger partial charge in [0.05, 0.1) is 6.04 Å². The van der Waals surface area contributed by atoms with E-state index in [2.05, 4.69) is 58.0 Å². The Labute approximate surface area is 176 Å². The van der Waals surface area contributed by atoms with Gasteiger partial charge >= 0.3 is 0 Å². The molecule has 2 atom stereocenters. The molecule has 1 aliphatic heterocycles. The molecule has 0 unspecified atom stereocenters. The lowest BCUT2D eigenvalue weighted by molar-refractivity contribution is -0.125. The molecule has 1 fully saturated rings. The van der Waals surface area contributed by atoms with Crippen LogP contribution in [0.3, 0.4) is 0 Å². The summed E-state index contributed by atoms with van der Waals surface area (Å²) >= 11 is 6.01. The van der Waals surface area contributed by atoms with Crippen LogP contribution >= 0.6 is 11.6 Å². The Bertz CT molecular complexity index is 984. The Morgan fingerprint density at radius 1 is 1.07 bits per heavy atom. The monoisotopic (exact) mass is 407 g/mol. The van der Waals surface area contributed by atoms with Crippen molar-refractivity contribution in [2.75, 3.05) is 13.6 Å². The number of carbonyl (C=O) groups excluding carboxylic acids is 1. The van der Waals surface area contributed by atoms with Crippen molar-refractivity contribution in [2.45, 2.75) is 31.6 Å². The van der Waals surface area contributed by atoms with Gasteiger partial charge in [-0.05, 0) is 40.5 Å². The largest absolute Gasteiger partial charge is 0.358 e. The maximum Gasteiger partial charge on any atom is 0.237 e. The third kappa shape index (κ3) is 4.61. The van der Waals surface area contributed by atoms with Crippen molar-refractivity contribution in [1.82, 2.24) is 15.5 Å². The number of rotatable bonds is 6. The third-order valence-corrected chi connectivity index (χ3v) is 5.96. The summed E-state index contributed by atoms with van der Waals surface area (Å²) in [6.07, 6.45) is 0.804. The van der Waals surface area contributed by atoms with Gasteiger partial charge < -0.3 is 10.6 Å². The fraction of sp³-hybridized carbons (Fsp3) is 0.292. The van der Waals surface area contributed by atoms with Crippen LogP contribution in [0.1, 0.15) is 17.5 Å².